The van der Waals surface area contributed by atoms with E-state index in [1.165, 1.54) is 31.0 Å². The lowest BCUT2D eigenvalue weighted by Gasteiger charge is -2.31. The van der Waals surface area contributed by atoms with Gasteiger partial charge >= 0.3 is 0 Å². The third-order valence-corrected chi connectivity index (χ3v) is 4.53. The molecule has 112 valence electrons. The lowest BCUT2D eigenvalue weighted by atomic mass is 9.83. The van der Waals surface area contributed by atoms with Crippen LogP contribution in [0.2, 0.25) is 0 Å². The van der Waals surface area contributed by atoms with Crippen LogP contribution in [-0.2, 0) is 0 Å². The average molecular weight is 304 g/mol. The van der Waals surface area contributed by atoms with Crippen LogP contribution in [0.25, 0.3) is 0 Å². The van der Waals surface area contributed by atoms with Gasteiger partial charge in [-0.1, -0.05) is 31.0 Å². The fourth-order valence-corrected chi connectivity index (χ4v) is 2.97. The fraction of sp³-hybridized carbons (Fsp3) is 0.714. The van der Waals surface area contributed by atoms with Crippen molar-refractivity contribution < 1.29 is 0 Å². The Balaban J connectivity index is 1.81. The molecule has 0 amide bonds. The molecule has 0 unspecified atom stereocenters. The highest BCUT2D eigenvalue weighted by molar-refractivity contribution is 7.98. The molecule has 0 aliphatic heterocycles. The zero-order valence-corrected chi connectivity index (χ0v) is 13.0. The van der Waals surface area contributed by atoms with Gasteiger partial charge in [-0.05, 0) is 31.9 Å². The van der Waals surface area contributed by atoms with E-state index in [-0.39, 0.29) is 0 Å². The molecule has 0 saturated heterocycles. The second-order valence-corrected chi connectivity index (χ2v) is 6.54. The normalized spacial score (nSPS) is 20.6. The lowest BCUT2D eigenvalue weighted by molar-refractivity contribution is 0.390. The van der Waals surface area contributed by atoms with Crippen LogP contribution >= 0.6 is 11.8 Å². The Kier molecular flexibility index (Phi) is 4.15. The molecule has 1 heterocycles. The minimum Gasteiger partial charge on any atom is -0.351 e. The third kappa shape index (κ3) is 3.56. The Morgan fingerprint density at radius 1 is 1.14 bits per heavy atom. The van der Waals surface area contributed by atoms with Gasteiger partial charge in [0.05, 0.1) is 6.07 Å². The number of thioether (sulfide) groups is 1. The molecule has 21 heavy (non-hydrogen) atoms. The Bertz CT molecular complexity index is 545. The summed E-state index contributed by atoms with van der Waals surface area (Å²) in [4.78, 5) is 13.2. The molecule has 0 bridgehead atoms. The summed E-state index contributed by atoms with van der Waals surface area (Å²) in [7, 11) is 0. The zero-order valence-electron chi connectivity index (χ0n) is 12.2. The zero-order chi connectivity index (χ0) is 14.7. The van der Waals surface area contributed by atoms with E-state index in [1.54, 1.807) is 0 Å². The molecule has 7 heteroatoms. The second kappa shape index (κ2) is 6.06. The monoisotopic (exact) mass is 304 g/mol. The van der Waals surface area contributed by atoms with E-state index in [2.05, 4.69) is 31.7 Å². The number of nitrogens with zero attached hydrogens (tertiary/aromatic N) is 4. The topological polar surface area (TPSA) is 86.5 Å². The Morgan fingerprint density at radius 2 is 1.86 bits per heavy atom. The maximum absolute atomic E-state index is 9.55. The largest absolute Gasteiger partial charge is 0.351 e. The van der Waals surface area contributed by atoms with Crippen molar-refractivity contribution in [1.29, 1.82) is 5.26 Å². The van der Waals surface area contributed by atoms with Gasteiger partial charge in [-0.25, -0.2) is 0 Å². The standard InChI is InChI=1S/C14H20N6S/c1-21-13-18-11(16-10-5-6-10)17-12(19-13)20-14(9-15)7-3-2-4-8-14/h10H,2-8H2,1H3,(H2,16,17,18,19,20). The van der Waals surface area contributed by atoms with Crippen LogP contribution in [0.5, 0.6) is 0 Å². The molecule has 3 rings (SSSR count). The molecule has 2 N–H and O–H groups in total. The van der Waals surface area contributed by atoms with Gasteiger partial charge < -0.3 is 10.6 Å². The Labute approximate surface area is 129 Å². The molecule has 1 aromatic heterocycles. The van der Waals surface area contributed by atoms with Crippen LogP contribution in [0.4, 0.5) is 11.9 Å². The molecule has 2 saturated carbocycles. The molecular formula is C14H20N6S. The number of aromatic nitrogens is 3. The molecule has 0 aromatic carbocycles. The third-order valence-electron chi connectivity index (χ3n) is 3.98. The highest BCUT2D eigenvalue weighted by Crippen LogP contribution is 2.31. The Morgan fingerprint density at radius 3 is 2.48 bits per heavy atom. The van der Waals surface area contributed by atoms with Gasteiger partial charge in [-0.15, -0.1) is 0 Å². The molecule has 2 aliphatic rings. The average Bonchev–Trinajstić information content (AvgIpc) is 3.32. The predicted octanol–water partition coefficient (Wildman–Crippen LogP) is 2.81. The van der Waals surface area contributed by atoms with Crippen molar-refractivity contribution in [3.63, 3.8) is 0 Å². The van der Waals surface area contributed by atoms with Crippen LogP contribution in [0, 0.1) is 11.3 Å². The van der Waals surface area contributed by atoms with Crippen molar-refractivity contribution in [1.82, 2.24) is 15.0 Å². The first-order chi connectivity index (χ1) is 10.2. The van der Waals surface area contributed by atoms with Gasteiger partial charge in [0.25, 0.3) is 0 Å². The molecule has 2 aliphatic carbocycles. The van der Waals surface area contributed by atoms with E-state index in [1.807, 2.05) is 6.26 Å². The smallest absolute Gasteiger partial charge is 0.229 e. The summed E-state index contributed by atoms with van der Waals surface area (Å²) in [5, 5.41) is 16.8. The van der Waals surface area contributed by atoms with Crippen LogP contribution in [0.3, 0.4) is 0 Å². The van der Waals surface area contributed by atoms with E-state index in [0.29, 0.717) is 23.1 Å². The highest BCUT2D eigenvalue weighted by Gasteiger charge is 2.33. The quantitative estimate of drug-likeness (QED) is 0.809. The molecule has 0 radical (unpaired) electrons. The van der Waals surface area contributed by atoms with Crippen molar-refractivity contribution in [2.24, 2.45) is 0 Å². The first kappa shape index (κ1) is 14.4. The first-order valence-electron chi connectivity index (χ1n) is 7.49. The number of nitriles is 1. The molecule has 0 atom stereocenters. The van der Waals surface area contributed by atoms with E-state index >= 15 is 0 Å². The molecule has 0 spiro atoms. The Hall–Kier alpha value is -1.55. The summed E-state index contributed by atoms with van der Waals surface area (Å²) in [6.45, 7) is 0. The van der Waals surface area contributed by atoms with Crippen molar-refractivity contribution in [2.45, 2.75) is 61.7 Å². The molecule has 2 fully saturated rings. The summed E-state index contributed by atoms with van der Waals surface area (Å²) in [6, 6.07) is 2.93. The highest BCUT2D eigenvalue weighted by atomic mass is 32.2. The van der Waals surface area contributed by atoms with Gasteiger partial charge in [0.15, 0.2) is 5.16 Å². The van der Waals surface area contributed by atoms with Crippen molar-refractivity contribution in [2.75, 3.05) is 16.9 Å². The van der Waals surface area contributed by atoms with Crippen molar-refractivity contribution in [3.8, 4) is 6.07 Å². The van der Waals surface area contributed by atoms with Crippen LogP contribution in [-0.4, -0.2) is 32.8 Å². The van der Waals surface area contributed by atoms with Gasteiger partial charge in [0.2, 0.25) is 11.9 Å². The summed E-state index contributed by atoms with van der Waals surface area (Å²) < 4.78 is 0. The maximum Gasteiger partial charge on any atom is 0.229 e. The van der Waals surface area contributed by atoms with E-state index in [9.17, 15) is 5.26 Å². The van der Waals surface area contributed by atoms with E-state index < -0.39 is 5.54 Å². The summed E-state index contributed by atoms with van der Waals surface area (Å²) in [5.41, 5.74) is -0.522. The van der Waals surface area contributed by atoms with Crippen molar-refractivity contribution >= 4 is 23.7 Å². The predicted molar refractivity (Wildman–Crippen MR) is 83.3 cm³/mol. The SMILES string of the molecule is CSc1nc(NC2CC2)nc(NC2(C#N)CCCCC2)n1. The summed E-state index contributed by atoms with van der Waals surface area (Å²) in [5.74, 6) is 1.13. The second-order valence-electron chi connectivity index (χ2n) is 5.77. The number of rotatable bonds is 5. The van der Waals surface area contributed by atoms with Gasteiger partial charge in [-0.2, -0.15) is 20.2 Å². The molecular weight excluding hydrogens is 284 g/mol. The minimum atomic E-state index is -0.522. The summed E-state index contributed by atoms with van der Waals surface area (Å²) >= 11 is 1.49. The van der Waals surface area contributed by atoms with Gasteiger partial charge in [0, 0.05) is 6.04 Å². The van der Waals surface area contributed by atoms with Gasteiger partial charge in [0.1, 0.15) is 5.54 Å². The van der Waals surface area contributed by atoms with E-state index in [4.69, 9.17) is 0 Å². The van der Waals surface area contributed by atoms with Crippen LogP contribution in [0.1, 0.15) is 44.9 Å². The minimum absolute atomic E-state index is 0.495. The van der Waals surface area contributed by atoms with Gasteiger partial charge in [-0.3, -0.25) is 0 Å². The van der Waals surface area contributed by atoms with Crippen LogP contribution < -0.4 is 10.6 Å². The number of hydrogen-bond donors (Lipinski definition) is 2. The fourth-order valence-electron chi connectivity index (χ4n) is 2.61. The summed E-state index contributed by atoms with van der Waals surface area (Å²) in [6.07, 6.45) is 9.36. The maximum atomic E-state index is 9.55. The first-order valence-corrected chi connectivity index (χ1v) is 8.71. The van der Waals surface area contributed by atoms with Crippen molar-refractivity contribution in [3.05, 3.63) is 0 Å². The lowest BCUT2D eigenvalue weighted by Crippen LogP contribution is -2.39. The molecule has 6 nitrogen and oxygen atoms in total. The number of anilines is 2. The molecule has 1 aromatic rings. The van der Waals surface area contributed by atoms with Crippen LogP contribution in [0.15, 0.2) is 5.16 Å². The van der Waals surface area contributed by atoms with E-state index in [0.717, 1.165) is 25.7 Å². The number of hydrogen-bond acceptors (Lipinski definition) is 7. The number of nitrogens with one attached hydrogen (secondary N) is 2.